The zero-order chi connectivity index (χ0) is 17.2. The molecule has 0 radical (unpaired) electrons. The molecule has 0 saturated carbocycles. The molecule has 1 atom stereocenters. The number of nitrogens with one attached hydrogen (secondary N) is 1. The van der Waals surface area contributed by atoms with Crippen molar-refractivity contribution in [1.29, 1.82) is 0 Å². The van der Waals surface area contributed by atoms with Crippen LogP contribution < -0.4 is 9.62 Å². The van der Waals surface area contributed by atoms with Gasteiger partial charge in [-0.3, -0.25) is 0 Å². The van der Waals surface area contributed by atoms with Crippen LogP contribution in [0.3, 0.4) is 0 Å². The molecule has 4 nitrogen and oxygen atoms in total. The van der Waals surface area contributed by atoms with Gasteiger partial charge in [-0.2, -0.15) is 0 Å². The zero-order valence-corrected chi connectivity index (χ0v) is 15.8. The SMILES string of the molecule is CCc1ccc(S(=O)(=O)NCC2CCN(c3ccc(C)cc3)C2)s1. The number of nitrogens with zero attached hydrogens (tertiary/aromatic N) is 1. The van der Waals surface area contributed by atoms with Gasteiger partial charge < -0.3 is 4.90 Å². The quantitative estimate of drug-likeness (QED) is 0.854. The van der Waals surface area contributed by atoms with Gasteiger partial charge in [0.05, 0.1) is 0 Å². The summed E-state index contributed by atoms with van der Waals surface area (Å²) in [5.41, 5.74) is 2.47. The molecular weight excluding hydrogens is 340 g/mol. The van der Waals surface area contributed by atoms with E-state index < -0.39 is 10.0 Å². The minimum Gasteiger partial charge on any atom is -0.371 e. The number of benzene rings is 1. The summed E-state index contributed by atoms with van der Waals surface area (Å²) in [5.74, 6) is 0.353. The number of anilines is 1. The second-order valence-electron chi connectivity index (χ2n) is 6.36. The van der Waals surface area contributed by atoms with Gasteiger partial charge in [0.1, 0.15) is 4.21 Å². The highest BCUT2D eigenvalue weighted by Gasteiger charge is 2.25. The predicted molar refractivity (Wildman–Crippen MR) is 100 cm³/mol. The van der Waals surface area contributed by atoms with Crippen LogP contribution in [0.1, 0.15) is 23.8 Å². The largest absolute Gasteiger partial charge is 0.371 e. The number of aryl methyl sites for hydroxylation is 2. The lowest BCUT2D eigenvalue weighted by Crippen LogP contribution is -2.30. The van der Waals surface area contributed by atoms with Crippen LogP contribution in [-0.2, 0) is 16.4 Å². The third-order valence-corrected chi connectivity index (χ3v) is 7.64. The van der Waals surface area contributed by atoms with Gasteiger partial charge in [-0.15, -0.1) is 11.3 Å². The molecule has 3 rings (SSSR count). The van der Waals surface area contributed by atoms with Crippen molar-refractivity contribution >= 4 is 27.0 Å². The fourth-order valence-electron chi connectivity index (χ4n) is 2.98. The van der Waals surface area contributed by atoms with Gasteiger partial charge in [-0.1, -0.05) is 24.6 Å². The summed E-state index contributed by atoms with van der Waals surface area (Å²) in [4.78, 5) is 3.43. The van der Waals surface area contributed by atoms with Crippen LogP contribution in [-0.4, -0.2) is 28.1 Å². The van der Waals surface area contributed by atoms with Crippen molar-refractivity contribution in [2.45, 2.75) is 30.9 Å². The molecule has 130 valence electrons. The topological polar surface area (TPSA) is 49.4 Å². The fraction of sp³-hybridized carbons (Fsp3) is 0.444. The highest BCUT2D eigenvalue weighted by Crippen LogP contribution is 2.25. The highest BCUT2D eigenvalue weighted by molar-refractivity contribution is 7.91. The number of hydrogen-bond donors (Lipinski definition) is 1. The van der Waals surface area contributed by atoms with Gasteiger partial charge in [0.25, 0.3) is 0 Å². The Morgan fingerprint density at radius 1 is 1.21 bits per heavy atom. The van der Waals surface area contributed by atoms with Crippen molar-refractivity contribution in [1.82, 2.24) is 4.72 Å². The van der Waals surface area contributed by atoms with E-state index in [1.54, 1.807) is 6.07 Å². The molecule has 6 heteroatoms. The van der Waals surface area contributed by atoms with Crippen molar-refractivity contribution in [2.75, 3.05) is 24.5 Å². The summed E-state index contributed by atoms with van der Waals surface area (Å²) < 4.78 is 28.0. The van der Waals surface area contributed by atoms with Crippen LogP contribution in [0.2, 0.25) is 0 Å². The van der Waals surface area contributed by atoms with E-state index in [2.05, 4.69) is 40.8 Å². The molecule has 1 aliphatic heterocycles. The van der Waals surface area contributed by atoms with Crippen LogP contribution >= 0.6 is 11.3 Å². The van der Waals surface area contributed by atoms with Gasteiger partial charge in [0.15, 0.2) is 0 Å². The maximum absolute atomic E-state index is 12.4. The van der Waals surface area contributed by atoms with E-state index in [1.807, 2.05) is 13.0 Å². The Labute approximate surface area is 148 Å². The van der Waals surface area contributed by atoms with Gasteiger partial charge in [-0.05, 0) is 49.9 Å². The Hall–Kier alpha value is -1.37. The van der Waals surface area contributed by atoms with Crippen molar-refractivity contribution in [2.24, 2.45) is 5.92 Å². The Morgan fingerprint density at radius 3 is 2.62 bits per heavy atom. The molecule has 1 N–H and O–H groups in total. The van der Waals surface area contributed by atoms with Crippen LogP contribution in [0.15, 0.2) is 40.6 Å². The standard InChI is InChI=1S/C18H24N2O2S2/c1-3-17-8-9-18(23-17)24(21,22)19-12-15-10-11-20(13-15)16-6-4-14(2)5-7-16/h4-9,15,19H,3,10-13H2,1-2H3. The van der Waals surface area contributed by atoms with E-state index in [0.717, 1.165) is 30.8 Å². The summed E-state index contributed by atoms with van der Waals surface area (Å²) in [6, 6.07) is 12.1. The molecule has 0 amide bonds. The van der Waals surface area contributed by atoms with E-state index in [9.17, 15) is 8.42 Å². The monoisotopic (exact) mass is 364 g/mol. The van der Waals surface area contributed by atoms with Crippen molar-refractivity contribution in [3.8, 4) is 0 Å². The Kier molecular flexibility index (Phi) is 5.27. The fourth-order valence-corrected chi connectivity index (χ4v) is 5.44. The van der Waals surface area contributed by atoms with Gasteiger partial charge in [-0.25, -0.2) is 13.1 Å². The summed E-state index contributed by atoms with van der Waals surface area (Å²) in [7, 11) is -3.37. The summed E-state index contributed by atoms with van der Waals surface area (Å²) >= 11 is 1.36. The third-order valence-electron chi connectivity index (χ3n) is 4.50. The minimum atomic E-state index is -3.37. The smallest absolute Gasteiger partial charge is 0.250 e. The molecule has 0 spiro atoms. The first-order valence-electron chi connectivity index (χ1n) is 8.38. The Morgan fingerprint density at radius 2 is 1.96 bits per heavy atom. The maximum Gasteiger partial charge on any atom is 0.250 e. The molecule has 1 fully saturated rings. The van der Waals surface area contributed by atoms with Gasteiger partial charge in [0, 0.05) is 30.2 Å². The van der Waals surface area contributed by atoms with E-state index in [0.29, 0.717) is 16.7 Å². The first-order valence-corrected chi connectivity index (χ1v) is 10.7. The first-order chi connectivity index (χ1) is 11.5. The van der Waals surface area contributed by atoms with Crippen LogP contribution in [0.5, 0.6) is 0 Å². The van der Waals surface area contributed by atoms with E-state index in [1.165, 1.54) is 22.6 Å². The predicted octanol–water partition coefficient (Wildman–Crippen LogP) is 3.42. The molecule has 1 aliphatic rings. The number of hydrogen-bond acceptors (Lipinski definition) is 4. The van der Waals surface area contributed by atoms with Crippen molar-refractivity contribution in [3.63, 3.8) is 0 Å². The lowest BCUT2D eigenvalue weighted by atomic mass is 10.1. The van der Waals surface area contributed by atoms with Crippen molar-refractivity contribution < 1.29 is 8.42 Å². The average Bonchev–Trinajstić information content (AvgIpc) is 3.23. The van der Waals surface area contributed by atoms with E-state index in [-0.39, 0.29) is 0 Å². The molecule has 2 aromatic rings. The highest BCUT2D eigenvalue weighted by atomic mass is 32.2. The Balaban J connectivity index is 1.56. The molecule has 0 bridgehead atoms. The molecule has 2 heterocycles. The summed E-state index contributed by atoms with van der Waals surface area (Å²) in [6.07, 6.45) is 1.88. The second kappa shape index (κ2) is 7.25. The second-order valence-corrected chi connectivity index (χ2v) is 9.52. The van der Waals surface area contributed by atoms with Crippen LogP contribution in [0.25, 0.3) is 0 Å². The molecular formula is C18H24N2O2S2. The third kappa shape index (κ3) is 3.99. The van der Waals surface area contributed by atoms with Gasteiger partial charge in [0.2, 0.25) is 10.0 Å². The van der Waals surface area contributed by atoms with Crippen LogP contribution in [0.4, 0.5) is 5.69 Å². The number of rotatable bonds is 6. The molecule has 1 aromatic carbocycles. The van der Waals surface area contributed by atoms with Crippen molar-refractivity contribution in [3.05, 3.63) is 46.8 Å². The lowest BCUT2D eigenvalue weighted by molar-refractivity contribution is 0.543. The maximum atomic E-state index is 12.4. The molecule has 24 heavy (non-hydrogen) atoms. The normalized spacial score (nSPS) is 18.2. The summed E-state index contributed by atoms with van der Waals surface area (Å²) in [5, 5.41) is 0. The first kappa shape index (κ1) is 17.5. The molecule has 0 aliphatic carbocycles. The van der Waals surface area contributed by atoms with E-state index in [4.69, 9.17) is 0 Å². The molecule has 1 aromatic heterocycles. The molecule has 1 unspecified atom stereocenters. The zero-order valence-electron chi connectivity index (χ0n) is 14.2. The van der Waals surface area contributed by atoms with Gasteiger partial charge >= 0.3 is 0 Å². The minimum absolute atomic E-state index is 0.353. The summed E-state index contributed by atoms with van der Waals surface area (Å²) in [6.45, 7) is 6.50. The number of thiophene rings is 1. The van der Waals surface area contributed by atoms with E-state index >= 15 is 0 Å². The average molecular weight is 365 g/mol. The van der Waals surface area contributed by atoms with Crippen LogP contribution in [0, 0.1) is 12.8 Å². The molecule has 1 saturated heterocycles. The lowest BCUT2D eigenvalue weighted by Gasteiger charge is -2.19. The Bertz CT molecular complexity index is 782. The number of sulfonamides is 1.